The number of aliphatic hydroxyl groups is 1. The second-order valence-corrected chi connectivity index (χ2v) is 13.5. The minimum Gasteiger partial charge on any atom is -0.389 e. The van der Waals surface area contributed by atoms with Crippen molar-refractivity contribution < 1.29 is 29.1 Å². The van der Waals surface area contributed by atoms with Crippen molar-refractivity contribution in [1.82, 2.24) is 25.8 Å². The zero-order valence-electron chi connectivity index (χ0n) is 25.5. The van der Waals surface area contributed by atoms with E-state index in [9.17, 15) is 29.1 Å². The van der Waals surface area contributed by atoms with Crippen LogP contribution in [0.1, 0.15) is 63.0 Å². The Bertz CT molecular complexity index is 1450. The third-order valence-electron chi connectivity index (χ3n) is 9.74. The maximum absolute atomic E-state index is 14.1. The number of benzene rings is 1. The molecule has 5 rings (SSSR count). The Kier molecular flexibility index (Phi) is 8.39. The van der Waals surface area contributed by atoms with Gasteiger partial charge >= 0.3 is 0 Å². The van der Waals surface area contributed by atoms with Gasteiger partial charge in [-0.3, -0.25) is 24.0 Å². The molecule has 1 aliphatic carbocycles. The first-order chi connectivity index (χ1) is 20.3. The number of aryl methyl sites for hydroxylation is 1. The van der Waals surface area contributed by atoms with E-state index in [1.165, 1.54) is 0 Å². The van der Waals surface area contributed by atoms with Crippen LogP contribution < -0.4 is 16.0 Å². The minimum atomic E-state index is -1.04. The fraction of sp³-hybridized carbons (Fsp3) is 0.594. The number of hydrogen-bond donors (Lipinski definition) is 5. The topological polar surface area (TPSA) is 161 Å². The molecule has 0 radical (unpaired) electrons. The van der Waals surface area contributed by atoms with Gasteiger partial charge in [-0.25, -0.2) is 0 Å². The van der Waals surface area contributed by atoms with Gasteiger partial charge in [0.25, 0.3) is 5.91 Å². The van der Waals surface area contributed by atoms with Gasteiger partial charge in [0.15, 0.2) is 5.78 Å². The van der Waals surface area contributed by atoms with Crippen LogP contribution in [-0.2, 0) is 19.2 Å². The van der Waals surface area contributed by atoms with Crippen LogP contribution in [0.15, 0.2) is 24.3 Å². The molecule has 0 unspecified atom stereocenters. The van der Waals surface area contributed by atoms with Gasteiger partial charge in [-0.2, -0.15) is 0 Å². The highest BCUT2D eigenvalue weighted by molar-refractivity contribution is 6.01. The van der Waals surface area contributed by atoms with Crippen molar-refractivity contribution in [2.75, 3.05) is 19.7 Å². The second-order valence-electron chi connectivity index (χ2n) is 13.5. The number of hydrogen-bond acceptors (Lipinski definition) is 6. The average molecular weight is 594 g/mol. The number of nitrogens with one attached hydrogen (secondary N) is 4. The van der Waals surface area contributed by atoms with Crippen LogP contribution in [0.3, 0.4) is 0 Å². The Morgan fingerprint density at radius 1 is 1.14 bits per heavy atom. The number of Topliss-reactive ketones (excluding diaryl/α,β-unsaturated/α-hetero) is 1. The van der Waals surface area contributed by atoms with E-state index in [1.807, 2.05) is 39.0 Å². The summed E-state index contributed by atoms with van der Waals surface area (Å²) in [5.41, 5.74) is 2.05. The van der Waals surface area contributed by atoms with Crippen LogP contribution in [0.5, 0.6) is 0 Å². The van der Waals surface area contributed by atoms with Gasteiger partial charge in [0.1, 0.15) is 24.4 Å². The van der Waals surface area contributed by atoms with Crippen molar-refractivity contribution in [3.8, 4) is 0 Å². The van der Waals surface area contributed by atoms with Gasteiger partial charge in [-0.15, -0.1) is 0 Å². The summed E-state index contributed by atoms with van der Waals surface area (Å²) in [6, 6.07) is 4.83. The Morgan fingerprint density at radius 3 is 2.51 bits per heavy atom. The van der Waals surface area contributed by atoms with E-state index in [-0.39, 0.29) is 41.4 Å². The number of ketones is 1. The summed E-state index contributed by atoms with van der Waals surface area (Å²) in [5, 5.41) is 19.0. The number of carbonyl (C=O) groups excluding carboxylic acids is 5. The lowest BCUT2D eigenvalue weighted by molar-refractivity contribution is -0.143. The van der Waals surface area contributed by atoms with Crippen LogP contribution in [0.4, 0.5) is 0 Å². The fourth-order valence-corrected chi connectivity index (χ4v) is 7.16. The molecule has 2 aliphatic heterocycles. The van der Waals surface area contributed by atoms with Gasteiger partial charge in [0.05, 0.1) is 6.04 Å². The van der Waals surface area contributed by atoms with E-state index < -0.39 is 48.2 Å². The monoisotopic (exact) mass is 593 g/mol. The van der Waals surface area contributed by atoms with Crippen LogP contribution in [0, 0.1) is 36.0 Å². The molecular weight excluding hydrogens is 550 g/mol. The van der Waals surface area contributed by atoms with Crippen molar-refractivity contribution in [2.24, 2.45) is 29.1 Å². The summed E-state index contributed by atoms with van der Waals surface area (Å²) in [4.78, 5) is 70.9. The molecular formula is C32H43N5O6. The number of aliphatic hydroxyl groups excluding tert-OH is 1. The first-order valence-electron chi connectivity index (χ1n) is 15.2. The number of aromatic nitrogens is 1. The molecule has 3 heterocycles. The molecule has 4 amide bonds. The number of nitrogens with zero attached hydrogens (tertiary/aromatic N) is 1. The Balaban J connectivity index is 1.36. The number of likely N-dealkylation sites (tertiary alicyclic amines) is 1. The van der Waals surface area contributed by atoms with E-state index in [0.29, 0.717) is 31.6 Å². The third-order valence-corrected chi connectivity index (χ3v) is 9.74. The first-order valence-corrected chi connectivity index (χ1v) is 15.2. The highest BCUT2D eigenvalue weighted by Gasteiger charge is 2.69. The molecule has 11 heteroatoms. The molecule has 3 fully saturated rings. The van der Waals surface area contributed by atoms with E-state index in [1.54, 1.807) is 11.0 Å². The number of rotatable bonds is 11. The summed E-state index contributed by atoms with van der Waals surface area (Å²) in [6.45, 7) is 10.1. The molecule has 0 spiro atoms. The standard InChI is InChI=1S/C32H43N5O6/c1-16(2)11-24(36-29(41)23-13-19-17(3)7-6-8-21(19)34-23)31(43)37-14-20-26(32(20,4)5)27(37)30(42)35-22(25(39)15-38)12-18-9-10-33-28(18)40/h6-8,13,16,18,20,22,24,26-27,34,38H,9-12,14-15H2,1-5H3,(H,33,40)(H,35,42)(H,36,41)/t18-,20-,22-,24-,26-,27-/m0/s1. The maximum Gasteiger partial charge on any atom is 0.268 e. The number of aromatic amines is 1. The quantitative estimate of drug-likeness (QED) is 0.266. The molecule has 2 saturated heterocycles. The highest BCUT2D eigenvalue weighted by Crippen LogP contribution is 2.65. The van der Waals surface area contributed by atoms with Crippen molar-refractivity contribution >= 4 is 40.3 Å². The molecule has 11 nitrogen and oxygen atoms in total. The van der Waals surface area contributed by atoms with Gasteiger partial charge in [0, 0.05) is 29.9 Å². The fourth-order valence-electron chi connectivity index (χ4n) is 7.16. The van der Waals surface area contributed by atoms with E-state index in [0.717, 1.165) is 16.5 Å². The number of amides is 4. The molecule has 43 heavy (non-hydrogen) atoms. The van der Waals surface area contributed by atoms with Crippen molar-refractivity contribution in [1.29, 1.82) is 0 Å². The molecule has 5 N–H and O–H groups in total. The van der Waals surface area contributed by atoms with Crippen molar-refractivity contribution in [3.05, 3.63) is 35.5 Å². The molecule has 3 aliphatic rings. The Hall–Kier alpha value is -3.73. The Labute approximate surface area is 251 Å². The molecule has 1 saturated carbocycles. The van der Waals surface area contributed by atoms with Crippen LogP contribution in [0.2, 0.25) is 0 Å². The average Bonchev–Trinajstić information content (AvgIpc) is 3.47. The molecule has 1 aromatic carbocycles. The third kappa shape index (κ3) is 5.91. The van der Waals surface area contributed by atoms with E-state index >= 15 is 0 Å². The molecule has 0 bridgehead atoms. The van der Waals surface area contributed by atoms with Crippen LogP contribution in [0.25, 0.3) is 10.9 Å². The lowest BCUT2D eigenvalue weighted by atomic mass is 9.94. The molecule has 1 aromatic heterocycles. The van der Waals surface area contributed by atoms with Gasteiger partial charge in [0.2, 0.25) is 17.7 Å². The predicted octanol–water partition coefficient (Wildman–Crippen LogP) is 1.68. The summed E-state index contributed by atoms with van der Waals surface area (Å²) < 4.78 is 0. The predicted molar refractivity (Wildman–Crippen MR) is 160 cm³/mol. The summed E-state index contributed by atoms with van der Waals surface area (Å²) >= 11 is 0. The van der Waals surface area contributed by atoms with Crippen LogP contribution in [-0.4, -0.2) is 82.2 Å². The zero-order valence-corrected chi connectivity index (χ0v) is 25.5. The first kappa shape index (κ1) is 30.7. The zero-order chi connectivity index (χ0) is 31.2. The van der Waals surface area contributed by atoms with E-state index in [4.69, 9.17) is 0 Å². The van der Waals surface area contributed by atoms with Crippen molar-refractivity contribution in [2.45, 2.75) is 72.0 Å². The number of fused-ring (bicyclic) bond motifs is 2. The lowest BCUT2D eigenvalue weighted by Crippen LogP contribution is -2.58. The van der Waals surface area contributed by atoms with Gasteiger partial charge < -0.3 is 30.9 Å². The minimum absolute atomic E-state index is 0.0872. The summed E-state index contributed by atoms with van der Waals surface area (Å²) in [5.74, 6) is -2.32. The van der Waals surface area contributed by atoms with Crippen LogP contribution >= 0.6 is 0 Å². The largest absolute Gasteiger partial charge is 0.389 e. The Morgan fingerprint density at radius 2 is 1.88 bits per heavy atom. The summed E-state index contributed by atoms with van der Waals surface area (Å²) in [6.07, 6.45) is 1.02. The molecule has 2 aromatic rings. The number of piperidine rings is 1. The second kappa shape index (κ2) is 11.7. The smallest absolute Gasteiger partial charge is 0.268 e. The van der Waals surface area contributed by atoms with Gasteiger partial charge in [-0.1, -0.05) is 39.8 Å². The lowest BCUT2D eigenvalue weighted by Gasteiger charge is -2.34. The maximum atomic E-state index is 14.1. The SMILES string of the molecule is Cc1cccc2[nH]c(C(=O)N[C@@H](CC(C)C)C(=O)N3C[C@H]4[C@@H]([C@H]3C(=O)N[C@@H](C[C@@H]3CCNC3=O)C(=O)CO)C4(C)C)cc12. The highest BCUT2D eigenvalue weighted by atomic mass is 16.3. The number of H-pyrrole nitrogens is 1. The van der Waals surface area contributed by atoms with Gasteiger partial charge in [-0.05, 0) is 67.1 Å². The van der Waals surface area contributed by atoms with E-state index in [2.05, 4.69) is 34.8 Å². The normalized spacial score (nSPS) is 25.3. The number of carbonyl (C=O) groups is 5. The molecule has 232 valence electrons. The summed E-state index contributed by atoms with van der Waals surface area (Å²) in [7, 11) is 0. The van der Waals surface area contributed by atoms with Crippen molar-refractivity contribution in [3.63, 3.8) is 0 Å². The molecule has 6 atom stereocenters.